The van der Waals surface area contributed by atoms with Crippen LogP contribution in [0.2, 0.25) is 0 Å². The number of phenolic OH excluding ortho intramolecular Hbond substituents is 1. The van der Waals surface area contributed by atoms with E-state index in [1.54, 1.807) is 32.1 Å². The van der Waals surface area contributed by atoms with Gasteiger partial charge in [0, 0.05) is 6.54 Å². The van der Waals surface area contributed by atoms with Gasteiger partial charge in [0.15, 0.2) is 0 Å². The second-order valence-corrected chi connectivity index (χ2v) is 5.11. The number of aromatic hydroxyl groups is 1. The smallest absolute Gasteiger partial charge is 0.116 e. The van der Waals surface area contributed by atoms with Crippen molar-refractivity contribution in [1.82, 2.24) is 4.90 Å². The molecule has 0 unspecified atom stereocenters. The van der Waals surface area contributed by atoms with E-state index in [2.05, 4.69) is 4.90 Å². The van der Waals surface area contributed by atoms with Crippen molar-refractivity contribution in [3.05, 3.63) is 35.4 Å². The van der Waals surface area contributed by atoms with Crippen LogP contribution < -0.4 is 0 Å². The number of benzene rings is 1. The molecule has 1 rings (SSSR count). The molecule has 0 radical (unpaired) electrons. The van der Waals surface area contributed by atoms with E-state index in [0.717, 1.165) is 17.7 Å². The van der Waals surface area contributed by atoms with Crippen molar-refractivity contribution < 1.29 is 10.2 Å². The van der Waals surface area contributed by atoms with E-state index >= 15 is 0 Å². The van der Waals surface area contributed by atoms with Gasteiger partial charge in [0.25, 0.3) is 0 Å². The van der Waals surface area contributed by atoms with Gasteiger partial charge in [0.2, 0.25) is 0 Å². The summed E-state index contributed by atoms with van der Waals surface area (Å²) in [5.41, 5.74) is 1.20. The fourth-order valence-electron chi connectivity index (χ4n) is 1.52. The molecule has 0 spiro atoms. The lowest BCUT2D eigenvalue weighted by Gasteiger charge is -2.14. The van der Waals surface area contributed by atoms with Gasteiger partial charge in [-0.1, -0.05) is 18.2 Å². The van der Waals surface area contributed by atoms with Crippen LogP contribution in [0.15, 0.2) is 24.3 Å². The van der Waals surface area contributed by atoms with Crippen LogP contribution >= 0.6 is 0 Å². The molecule has 3 nitrogen and oxygen atoms in total. The van der Waals surface area contributed by atoms with E-state index in [1.165, 1.54) is 0 Å². The highest BCUT2D eigenvalue weighted by Gasteiger charge is 2.08. The molecule has 0 aliphatic rings. The van der Waals surface area contributed by atoms with Gasteiger partial charge in [-0.05, 0) is 51.2 Å². The van der Waals surface area contributed by atoms with Gasteiger partial charge in [0.05, 0.1) is 5.60 Å². The SMILES string of the molecule is CN(C)Cc1ccc(O)cc1/C=C/C(C)(C)O. The van der Waals surface area contributed by atoms with Gasteiger partial charge in [-0.25, -0.2) is 0 Å². The van der Waals surface area contributed by atoms with E-state index in [-0.39, 0.29) is 5.75 Å². The highest BCUT2D eigenvalue weighted by Crippen LogP contribution is 2.20. The summed E-state index contributed by atoms with van der Waals surface area (Å²) in [6.07, 6.45) is 3.57. The maximum Gasteiger partial charge on any atom is 0.116 e. The quantitative estimate of drug-likeness (QED) is 0.841. The Kier molecular flexibility index (Phi) is 4.32. The second kappa shape index (κ2) is 5.34. The first-order valence-corrected chi connectivity index (χ1v) is 5.66. The number of rotatable bonds is 4. The third kappa shape index (κ3) is 5.02. The molecule has 0 saturated heterocycles. The Morgan fingerprint density at radius 2 is 1.94 bits per heavy atom. The van der Waals surface area contributed by atoms with Crippen LogP contribution in [-0.4, -0.2) is 34.8 Å². The predicted octanol–water partition coefficient (Wildman–Crippen LogP) is 2.24. The summed E-state index contributed by atoms with van der Waals surface area (Å²) in [6, 6.07) is 5.29. The molecular formula is C14H21NO2. The fraction of sp³-hybridized carbons (Fsp3) is 0.429. The number of phenols is 1. The van der Waals surface area contributed by atoms with Crippen molar-refractivity contribution in [1.29, 1.82) is 0 Å². The Labute approximate surface area is 103 Å². The van der Waals surface area contributed by atoms with Crippen molar-refractivity contribution in [2.75, 3.05) is 14.1 Å². The summed E-state index contributed by atoms with van der Waals surface area (Å²) in [6.45, 7) is 4.24. The minimum absolute atomic E-state index is 0.239. The van der Waals surface area contributed by atoms with Crippen LogP contribution in [0, 0.1) is 0 Å². The molecule has 0 aliphatic carbocycles. The van der Waals surface area contributed by atoms with Crippen molar-refractivity contribution >= 4 is 6.08 Å². The van der Waals surface area contributed by atoms with Crippen molar-refractivity contribution in [3.63, 3.8) is 0 Å². The summed E-state index contributed by atoms with van der Waals surface area (Å²) in [5.74, 6) is 0.239. The molecule has 0 aromatic heterocycles. The average molecular weight is 235 g/mol. The minimum Gasteiger partial charge on any atom is -0.508 e. The molecule has 3 heteroatoms. The average Bonchev–Trinajstić information content (AvgIpc) is 2.16. The highest BCUT2D eigenvalue weighted by molar-refractivity contribution is 5.57. The third-order valence-corrected chi connectivity index (χ3v) is 2.29. The topological polar surface area (TPSA) is 43.7 Å². The van der Waals surface area contributed by atoms with Crippen molar-refractivity contribution in [3.8, 4) is 5.75 Å². The van der Waals surface area contributed by atoms with Crippen LogP contribution in [0.4, 0.5) is 0 Å². The zero-order valence-electron chi connectivity index (χ0n) is 10.9. The standard InChI is InChI=1S/C14H21NO2/c1-14(2,17)8-7-11-9-13(16)6-5-12(11)10-15(3)4/h5-9,16-17H,10H2,1-4H3/b8-7+. The van der Waals surface area contributed by atoms with Gasteiger partial charge in [-0.3, -0.25) is 0 Å². The largest absolute Gasteiger partial charge is 0.508 e. The molecule has 1 aromatic rings. The number of hydrogen-bond acceptors (Lipinski definition) is 3. The highest BCUT2D eigenvalue weighted by atomic mass is 16.3. The molecule has 0 aliphatic heterocycles. The molecule has 0 atom stereocenters. The summed E-state index contributed by atoms with van der Waals surface area (Å²) >= 11 is 0. The number of nitrogens with zero attached hydrogens (tertiary/aromatic N) is 1. The van der Waals surface area contributed by atoms with Gasteiger partial charge in [0.1, 0.15) is 5.75 Å². The maximum absolute atomic E-state index is 9.66. The molecule has 1 aromatic carbocycles. The van der Waals surface area contributed by atoms with Crippen molar-refractivity contribution in [2.24, 2.45) is 0 Å². The van der Waals surface area contributed by atoms with E-state index in [9.17, 15) is 10.2 Å². The molecule has 0 fully saturated rings. The van der Waals surface area contributed by atoms with E-state index in [1.807, 2.05) is 26.2 Å². The van der Waals surface area contributed by atoms with Crippen LogP contribution in [0.5, 0.6) is 5.75 Å². The lowest BCUT2D eigenvalue weighted by molar-refractivity contribution is 0.134. The fourth-order valence-corrected chi connectivity index (χ4v) is 1.52. The lowest BCUT2D eigenvalue weighted by atomic mass is 10.0. The first-order valence-electron chi connectivity index (χ1n) is 5.66. The molecule has 17 heavy (non-hydrogen) atoms. The van der Waals surface area contributed by atoms with Gasteiger partial charge >= 0.3 is 0 Å². The Balaban J connectivity index is 3.03. The molecule has 0 bridgehead atoms. The zero-order valence-corrected chi connectivity index (χ0v) is 10.9. The normalized spacial score (nSPS) is 12.6. The third-order valence-electron chi connectivity index (χ3n) is 2.29. The van der Waals surface area contributed by atoms with Crippen LogP contribution in [0.25, 0.3) is 6.08 Å². The monoisotopic (exact) mass is 235 g/mol. The van der Waals surface area contributed by atoms with Crippen LogP contribution in [0.3, 0.4) is 0 Å². The Bertz CT molecular complexity index is 403. The summed E-state index contributed by atoms with van der Waals surface area (Å²) in [4.78, 5) is 2.06. The Hall–Kier alpha value is -1.32. The minimum atomic E-state index is -0.846. The van der Waals surface area contributed by atoms with Crippen LogP contribution in [-0.2, 0) is 6.54 Å². The summed E-state index contributed by atoms with van der Waals surface area (Å²) < 4.78 is 0. The van der Waals surface area contributed by atoms with E-state index in [4.69, 9.17) is 0 Å². The maximum atomic E-state index is 9.66. The van der Waals surface area contributed by atoms with E-state index < -0.39 is 5.60 Å². The second-order valence-electron chi connectivity index (χ2n) is 5.11. The predicted molar refractivity (Wildman–Crippen MR) is 70.8 cm³/mol. The van der Waals surface area contributed by atoms with Gasteiger partial charge in [-0.2, -0.15) is 0 Å². The molecule has 0 amide bonds. The Morgan fingerprint density at radius 1 is 1.29 bits per heavy atom. The molecule has 94 valence electrons. The van der Waals surface area contributed by atoms with Gasteiger partial charge < -0.3 is 15.1 Å². The first-order chi connectivity index (χ1) is 7.78. The Morgan fingerprint density at radius 3 is 2.47 bits per heavy atom. The van der Waals surface area contributed by atoms with Gasteiger partial charge in [-0.15, -0.1) is 0 Å². The summed E-state index contributed by atoms with van der Waals surface area (Å²) in [7, 11) is 3.99. The lowest BCUT2D eigenvalue weighted by Crippen LogP contribution is -2.14. The van der Waals surface area contributed by atoms with E-state index in [0.29, 0.717) is 0 Å². The summed E-state index contributed by atoms with van der Waals surface area (Å²) in [5, 5.41) is 19.2. The number of hydrogen-bond donors (Lipinski definition) is 2. The van der Waals surface area contributed by atoms with Crippen LogP contribution in [0.1, 0.15) is 25.0 Å². The molecule has 0 heterocycles. The molecular weight excluding hydrogens is 214 g/mol. The zero-order chi connectivity index (χ0) is 13.1. The first kappa shape index (κ1) is 13.7. The number of aliphatic hydroxyl groups is 1. The molecule has 2 N–H and O–H groups in total. The molecule has 0 saturated carbocycles. The van der Waals surface area contributed by atoms with Crippen molar-refractivity contribution in [2.45, 2.75) is 26.0 Å².